The molecule has 7 nitrogen and oxygen atoms in total. The highest BCUT2D eigenvalue weighted by Crippen LogP contribution is 2.32. The lowest BCUT2D eigenvalue weighted by Crippen LogP contribution is -2.42. The molecule has 0 saturated carbocycles. The van der Waals surface area contributed by atoms with Gasteiger partial charge in [-0.05, 0) is 44.0 Å². The van der Waals surface area contributed by atoms with Crippen molar-refractivity contribution in [3.63, 3.8) is 0 Å². The smallest absolute Gasteiger partial charge is 0.228 e. The molecule has 2 amide bonds. The van der Waals surface area contributed by atoms with Crippen LogP contribution in [-0.2, 0) is 16.6 Å². The predicted molar refractivity (Wildman–Crippen MR) is 119 cm³/mol. The first-order valence-corrected chi connectivity index (χ1v) is 11.1. The average Bonchev–Trinajstić information content (AvgIpc) is 3.32. The number of halogens is 1. The van der Waals surface area contributed by atoms with E-state index in [0.29, 0.717) is 19.0 Å². The monoisotopic (exact) mass is 435 g/mol. The van der Waals surface area contributed by atoms with Crippen molar-refractivity contribution in [2.45, 2.75) is 32.1 Å². The Kier molecular flexibility index (Phi) is 5.15. The summed E-state index contributed by atoms with van der Waals surface area (Å²) in [5.41, 5.74) is 3.14. The number of carbonyl (C=O) groups excluding carboxylic acids is 2. The topological polar surface area (TPSA) is 71.3 Å². The van der Waals surface area contributed by atoms with Gasteiger partial charge in [-0.15, -0.1) is 0 Å². The lowest BCUT2D eigenvalue weighted by Gasteiger charge is -2.33. The number of para-hydroxylation sites is 1. The van der Waals surface area contributed by atoms with Crippen molar-refractivity contribution in [2.24, 2.45) is 13.0 Å². The van der Waals surface area contributed by atoms with E-state index in [1.165, 1.54) is 11.0 Å². The summed E-state index contributed by atoms with van der Waals surface area (Å²) >= 11 is 0. The summed E-state index contributed by atoms with van der Waals surface area (Å²) in [6.45, 7) is 3.49. The van der Waals surface area contributed by atoms with Crippen LogP contribution in [0.2, 0.25) is 0 Å². The van der Waals surface area contributed by atoms with E-state index in [2.05, 4.69) is 17.2 Å². The maximum atomic E-state index is 14.1. The largest absolute Gasteiger partial charge is 0.342 e. The Bertz CT molecular complexity index is 1200. The molecule has 0 radical (unpaired) electrons. The standard InChI is InChI=1S/C24H26FN5O2/c1-15-18-7-8-20(26-23(18)28(2)27-15)16-9-11-29(12-10-16)24(32)17-13-22(31)30(14-17)21-6-4-3-5-19(21)25/h3-8,16-17H,9-14H2,1-2H3/t17-/m0/s1. The van der Waals surface area contributed by atoms with Gasteiger partial charge >= 0.3 is 0 Å². The van der Waals surface area contributed by atoms with Crippen molar-refractivity contribution in [3.05, 3.63) is 53.6 Å². The minimum absolute atomic E-state index is 0.0127. The number of hydrogen-bond acceptors (Lipinski definition) is 4. The predicted octanol–water partition coefficient (Wildman–Crippen LogP) is 3.17. The number of hydrogen-bond donors (Lipinski definition) is 0. The van der Waals surface area contributed by atoms with Crippen molar-refractivity contribution in [1.29, 1.82) is 0 Å². The number of pyridine rings is 1. The number of anilines is 1. The Morgan fingerprint density at radius 1 is 1.12 bits per heavy atom. The van der Waals surface area contributed by atoms with E-state index in [-0.39, 0.29) is 30.5 Å². The zero-order valence-electron chi connectivity index (χ0n) is 18.3. The summed E-state index contributed by atoms with van der Waals surface area (Å²) in [5, 5.41) is 5.51. The molecule has 1 aromatic carbocycles. The van der Waals surface area contributed by atoms with E-state index < -0.39 is 11.7 Å². The summed E-state index contributed by atoms with van der Waals surface area (Å²) in [5.74, 6) is -0.791. The Hall–Kier alpha value is -3.29. The van der Waals surface area contributed by atoms with Crippen molar-refractivity contribution < 1.29 is 14.0 Å². The fourth-order valence-electron chi connectivity index (χ4n) is 4.98. The number of benzene rings is 1. The zero-order valence-corrected chi connectivity index (χ0v) is 18.3. The van der Waals surface area contributed by atoms with Crippen LogP contribution in [0, 0.1) is 18.7 Å². The third kappa shape index (κ3) is 3.53. The van der Waals surface area contributed by atoms with E-state index in [1.807, 2.05) is 23.6 Å². The highest BCUT2D eigenvalue weighted by atomic mass is 19.1. The van der Waals surface area contributed by atoms with Crippen LogP contribution in [0.4, 0.5) is 10.1 Å². The maximum Gasteiger partial charge on any atom is 0.228 e. The summed E-state index contributed by atoms with van der Waals surface area (Å²) in [7, 11) is 1.90. The number of likely N-dealkylation sites (tertiary alicyclic amines) is 1. The lowest BCUT2D eigenvalue weighted by molar-refractivity contribution is -0.136. The van der Waals surface area contributed by atoms with E-state index >= 15 is 0 Å². The van der Waals surface area contributed by atoms with Crippen LogP contribution < -0.4 is 4.90 Å². The molecule has 2 aliphatic rings. The maximum absolute atomic E-state index is 14.1. The van der Waals surface area contributed by atoms with Gasteiger partial charge in [0.1, 0.15) is 5.82 Å². The molecule has 0 N–H and O–H groups in total. The van der Waals surface area contributed by atoms with Gasteiger partial charge in [0.2, 0.25) is 11.8 Å². The van der Waals surface area contributed by atoms with Crippen molar-refractivity contribution in [1.82, 2.24) is 19.7 Å². The third-order valence-corrected chi connectivity index (χ3v) is 6.74. The van der Waals surface area contributed by atoms with Crippen LogP contribution in [0.15, 0.2) is 36.4 Å². The quantitative estimate of drug-likeness (QED) is 0.634. The van der Waals surface area contributed by atoms with Gasteiger partial charge in [-0.2, -0.15) is 5.10 Å². The van der Waals surface area contributed by atoms with Gasteiger partial charge in [0.05, 0.1) is 17.3 Å². The van der Waals surface area contributed by atoms with Crippen LogP contribution >= 0.6 is 0 Å². The molecule has 32 heavy (non-hydrogen) atoms. The lowest BCUT2D eigenvalue weighted by atomic mass is 9.92. The molecule has 2 aliphatic heterocycles. The number of carbonyl (C=O) groups is 2. The molecule has 5 rings (SSSR count). The molecule has 0 spiro atoms. The second-order valence-electron chi connectivity index (χ2n) is 8.77. The molecule has 0 bridgehead atoms. The van der Waals surface area contributed by atoms with Crippen LogP contribution in [0.5, 0.6) is 0 Å². The third-order valence-electron chi connectivity index (χ3n) is 6.74. The van der Waals surface area contributed by atoms with Crippen LogP contribution in [-0.4, -0.2) is 51.1 Å². The van der Waals surface area contributed by atoms with Crippen molar-refractivity contribution in [2.75, 3.05) is 24.5 Å². The minimum atomic E-state index is -0.442. The number of rotatable bonds is 3. The van der Waals surface area contributed by atoms with Gasteiger partial charge in [0.25, 0.3) is 0 Å². The Morgan fingerprint density at radius 3 is 2.62 bits per heavy atom. The first-order chi connectivity index (χ1) is 15.4. The average molecular weight is 436 g/mol. The van der Waals surface area contributed by atoms with Crippen LogP contribution in [0.3, 0.4) is 0 Å². The molecule has 4 heterocycles. The molecule has 2 saturated heterocycles. The number of fused-ring (bicyclic) bond motifs is 1. The SMILES string of the molecule is Cc1nn(C)c2nc(C3CCN(C(=O)[C@H]4CC(=O)N(c5ccccc5F)C4)CC3)ccc12. The van der Waals surface area contributed by atoms with Gasteiger partial charge < -0.3 is 9.80 Å². The summed E-state index contributed by atoms with van der Waals surface area (Å²) in [4.78, 5) is 33.7. The Balaban J connectivity index is 1.24. The Labute approximate surface area is 185 Å². The zero-order chi connectivity index (χ0) is 22.4. The van der Waals surface area contributed by atoms with Gasteiger partial charge in [0, 0.05) is 50.1 Å². The molecule has 166 valence electrons. The molecular weight excluding hydrogens is 409 g/mol. The second kappa shape index (κ2) is 8.00. The van der Waals surface area contributed by atoms with E-state index in [4.69, 9.17) is 4.98 Å². The first kappa shape index (κ1) is 20.6. The minimum Gasteiger partial charge on any atom is -0.342 e. The molecule has 1 atom stereocenters. The fourth-order valence-corrected chi connectivity index (χ4v) is 4.98. The van der Waals surface area contributed by atoms with E-state index in [1.54, 1.807) is 18.2 Å². The highest BCUT2D eigenvalue weighted by molar-refractivity contribution is 6.00. The summed E-state index contributed by atoms with van der Waals surface area (Å²) in [6.07, 6.45) is 1.79. The molecule has 3 aromatic rings. The second-order valence-corrected chi connectivity index (χ2v) is 8.77. The number of piperidine rings is 1. The molecule has 2 fully saturated rings. The number of amides is 2. The van der Waals surface area contributed by atoms with Gasteiger partial charge in [-0.1, -0.05) is 12.1 Å². The van der Waals surface area contributed by atoms with Gasteiger partial charge in [0.15, 0.2) is 5.65 Å². The fraction of sp³-hybridized carbons (Fsp3) is 0.417. The molecule has 2 aromatic heterocycles. The molecular formula is C24H26FN5O2. The first-order valence-electron chi connectivity index (χ1n) is 11.1. The van der Waals surface area contributed by atoms with Crippen molar-refractivity contribution >= 4 is 28.5 Å². The van der Waals surface area contributed by atoms with Gasteiger partial charge in [-0.25, -0.2) is 9.37 Å². The van der Waals surface area contributed by atoms with E-state index in [0.717, 1.165) is 35.3 Å². The van der Waals surface area contributed by atoms with Gasteiger partial charge in [-0.3, -0.25) is 14.3 Å². The summed E-state index contributed by atoms with van der Waals surface area (Å²) in [6, 6.07) is 10.4. The van der Waals surface area contributed by atoms with Crippen LogP contribution in [0.25, 0.3) is 11.0 Å². The summed E-state index contributed by atoms with van der Waals surface area (Å²) < 4.78 is 15.9. The number of aryl methyl sites for hydroxylation is 2. The number of aromatic nitrogens is 3. The highest BCUT2D eigenvalue weighted by Gasteiger charge is 2.39. The van der Waals surface area contributed by atoms with E-state index in [9.17, 15) is 14.0 Å². The van der Waals surface area contributed by atoms with Crippen LogP contribution in [0.1, 0.15) is 36.6 Å². The molecule has 8 heteroatoms. The number of nitrogens with zero attached hydrogens (tertiary/aromatic N) is 5. The normalized spacial score (nSPS) is 19.8. The van der Waals surface area contributed by atoms with Crippen molar-refractivity contribution in [3.8, 4) is 0 Å². The molecule has 0 unspecified atom stereocenters. The Morgan fingerprint density at radius 2 is 1.88 bits per heavy atom. The molecule has 0 aliphatic carbocycles.